The van der Waals surface area contributed by atoms with Gasteiger partial charge in [-0.15, -0.1) is 0 Å². The average Bonchev–Trinajstić information content (AvgIpc) is 3.50. The molecule has 4 aromatic carbocycles. The lowest BCUT2D eigenvalue weighted by atomic mass is 10.0. The summed E-state index contributed by atoms with van der Waals surface area (Å²) in [5.74, 6) is 13.7. The van der Waals surface area contributed by atoms with Crippen LogP contribution >= 0.6 is 0 Å². The van der Waals surface area contributed by atoms with Crippen LogP contribution in [-0.2, 0) is 19.3 Å². The minimum Gasteiger partial charge on any atom is -0.0654 e. The van der Waals surface area contributed by atoms with E-state index in [0.29, 0.717) is 0 Å². The Morgan fingerprint density at radius 2 is 0.694 bits per heavy atom. The molecule has 0 saturated carbocycles. The summed E-state index contributed by atoms with van der Waals surface area (Å²) >= 11 is 0. The Kier molecular flexibility index (Phi) is 15.2. The SMILES string of the molecule is CCCCCCCCCCc1ccc(C#Cc2ccc3c(c2)-c2cc(C#Cc4ccc(CCCCCCCCCC)cc4)ccc2C3)cc1. The molecule has 0 fully saturated rings. The molecule has 0 bridgehead atoms. The zero-order chi connectivity index (χ0) is 33.9. The minimum atomic E-state index is 0.979. The lowest BCUT2D eigenvalue weighted by Crippen LogP contribution is -1.87. The molecule has 0 heterocycles. The number of benzene rings is 4. The molecule has 0 aliphatic heterocycles. The van der Waals surface area contributed by atoms with E-state index in [1.54, 1.807) is 0 Å². The minimum absolute atomic E-state index is 0.979. The van der Waals surface area contributed by atoms with Crippen LogP contribution in [0, 0.1) is 23.7 Å². The van der Waals surface area contributed by atoms with Gasteiger partial charge in [-0.1, -0.05) is 164 Å². The molecule has 1 aliphatic rings. The fourth-order valence-electron chi connectivity index (χ4n) is 7.05. The molecule has 0 amide bonds. The number of hydrogen-bond donors (Lipinski definition) is 0. The number of unbranched alkanes of at least 4 members (excludes halogenated alkanes) is 14. The molecule has 0 unspecified atom stereocenters. The molecule has 0 heteroatoms. The Balaban J connectivity index is 1.11. The first kappa shape index (κ1) is 36.3. The summed E-state index contributed by atoms with van der Waals surface area (Å²) in [4.78, 5) is 0. The van der Waals surface area contributed by atoms with E-state index in [4.69, 9.17) is 0 Å². The molecule has 0 nitrogen and oxygen atoms in total. The van der Waals surface area contributed by atoms with E-state index in [0.717, 1.165) is 28.7 Å². The van der Waals surface area contributed by atoms with Crippen LogP contribution in [-0.4, -0.2) is 0 Å². The third kappa shape index (κ3) is 12.1. The van der Waals surface area contributed by atoms with Crippen LogP contribution in [0.3, 0.4) is 0 Å². The molecule has 0 atom stereocenters. The first-order chi connectivity index (χ1) is 24.2. The largest absolute Gasteiger partial charge is 0.0654 e. The van der Waals surface area contributed by atoms with Crippen molar-refractivity contribution in [3.63, 3.8) is 0 Å². The Morgan fingerprint density at radius 1 is 0.367 bits per heavy atom. The van der Waals surface area contributed by atoms with Crippen molar-refractivity contribution in [1.29, 1.82) is 0 Å². The summed E-state index contributed by atoms with van der Waals surface area (Å²) in [7, 11) is 0. The lowest BCUT2D eigenvalue weighted by molar-refractivity contribution is 0.575. The fraction of sp³-hybridized carbons (Fsp3) is 0.429. The number of rotatable bonds is 18. The van der Waals surface area contributed by atoms with Gasteiger partial charge in [0, 0.05) is 22.3 Å². The Bertz CT molecular complexity index is 1570. The zero-order valence-electron chi connectivity index (χ0n) is 30.5. The van der Waals surface area contributed by atoms with E-state index in [1.165, 1.54) is 149 Å². The third-order valence-corrected chi connectivity index (χ3v) is 10.1. The van der Waals surface area contributed by atoms with Gasteiger partial charge in [-0.05, 0) is 114 Å². The molecule has 5 rings (SSSR count). The van der Waals surface area contributed by atoms with Crippen LogP contribution in [0.2, 0.25) is 0 Å². The maximum Gasteiger partial charge on any atom is 0.0255 e. The number of hydrogen-bond acceptors (Lipinski definition) is 0. The molecule has 0 saturated heterocycles. The van der Waals surface area contributed by atoms with Crippen molar-refractivity contribution < 1.29 is 0 Å². The Labute approximate surface area is 299 Å². The first-order valence-electron chi connectivity index (χ1n) is 19.7. The molecule has 0 aromatic heterocycles. The van der Waals surface area contributed by atoms with Crippen molar-refractivity contribution in [2.75, 3.05) is 0 Å². The van der Waals surface area contributed by atoms with Gasteiger partial charge in [-0.3, -0.25) is 0 Å². The molecule has 49 heavy (non-hydrogen) atoms. The van der Waals surface area contributed by atoms with E-state index in [2.05, 4.69) is 122 Å². The summed E-state index contributed by atoms with van der Waals surface area (Å²) in [5, 5.41) is 0. The van der Waals surface area contributed by atoms with Crippen molar-refractivity contribution in [2.45, 2.75) is 136 Å². The van der Waals surface area contributed by atoms with Gasteiger partial charge in [0.05, 0.1) is 0 Å². The van der Waals surface area contributed by atoms with Gasteiger partial charge in [0.25, 0.3) is 0 Å². The van der Waals surface area contributed by atoms with Crippen LogP contribution in [0.25, 0.3) is 11.1 Å². The zero-order valence-corrected chi connectivity index (χ0v) is 30.5. The number of aryl methyl sites for hydroxylation is 2. The van der Waals surface area contributed by atoms with Crippen LogP contribution in [0.15, 0.2) is 84.9 Å². The molecule has 0 N–H and O–H groups in total. The highest BCUT2D eigenvalue weighted by atomic mass is 14.2. The van der Waals surface area contributed by atoms with Crippen LogP contribution in [0.4, 0.5) is 0 Å². The van der Waals surface area contributed by atoms with E-state index in [-0.39, 0.29) is 0 Å². The molecular weight excluding hydrogens is 589 g/mol. The highest BCUT2D eigenvalue weighted by Gasteiger charge is 2.18. The topological polar surface area (TPSA) is 0 Å². The monoisotopic (exact) mass is 646 g/mol. The van der Waals surface area contributed by atoms with Gasteiger partial charge in [-0.25, -0.2) is 0 Å². The maximum absolute atomic E-state index is 3.44. The van der Waals surface area contributed by atoms with Crippen LogP contribution in [0.5, 0.6) is 0 Å². The molecule has 0 spiro atoms. The van der Waals surface area contributed by atoms with E-state index in [1.807, 2.05) is 0 Å². The smallest absolute Gasteiger partial charge is 0.0255 e. The van der Waals surface area contributed by atoms with Gasteiger partial charge in [-0.2, -0.15) is 0 Å². The predicted octanol–water partition coefficient (Wildman–Crippen LogP) is 13.4. The van der Waals surface area contributed by atoms with Crippen LogP contribution < -0.4 is 0 Å². The van der Waals surface area contributed by atoms with Gasteiger partial charge >= 0.3 is 0 Å². The van der Waals surface area contributed by atoms with Gasteiger partial charge in [0.1, 0.15) is 0 Å². The summed E-state index contributed by atoms with van der Waals surface area (Å²) < 4.78 is 0. The lowest BCUT2D eigenvalue weighted by Gasteiger charge is -2.04. The number of fused-ring (bicyclic) bond motifs is 3. The van der Waals surface area contributed by atoms with E-state index >= 15 is 0 Å². The van der Waals surface area contributed by atoms with Crippen molar-refractivity contribution in [2.24, 2.45) is 0 Å². The predicted molar refractivity (Wildman–Crippen MR) is 212 cm³/mol. The Morgan fingerprint density at radius 3 is 1.08 bits per heavy atom. The molecule has 4 aromatic rings. The third-order valence-electron chi connectivity index (χ3n) is 10.1. The highest BCUT2D eigenvalue weighted by molar-refractivity contribution is 5.79. The molecule has 0 radical (unpaired) electrons. The Hall–Kier alpha value is -4.00. The van der Waals surface area contributed by atoms with Gasteiger partial charge < -0.3 is 0 Å². The standard InChI is InChI=1S/C49H58/c1-3-5-7-9-11-13-15-17-19-40-21-25-42(26-22-40)29-31-44-33-35-46-39-47-36-34-45(38-49(47)48(46)37-44)32-30-43-27-23-41(24-28-43)20-18-16-14-12-10-8-6-4-2/h21-28,33-38H,3-20,39H2,1-2H3. The van der Waals surface area contributed by atoms with Crippen molar-refractivity contribution >= 4 is 0 Å². The van der Waals surface area contributed by atoms with Crippen LogP contribution in [0.1, 0.15) is 161 Å². The van der Waals surface area contributed by atoms with E-state index in [9.17, 15) is 0 Å². The second kappa shape index (κ2) is 20.5. The van der Waals surface area contributed by atoms with Crippen molar-refractivity contribution in [3.8, 4) is 34.8 Å². The fourth-order valence-corrected chi connectivity index (χ4v) is 7.05. The molecular formula is C49H58. The molecule has 1 aliphatic carbocycles. The summed E-state index contributed by atoms with van der Waals surface area (Å²) in [6.07, 6.45) is 25.2. The second-order valence-electron chi connectivity index (χ2n) is 14.3. The summed E-state index contributed by atoms with van der Waals surface area (Å²) in [6, 6.07) is 31.2. The summed E-state index contributed by atoms with van der Waals surface area (Å²) in [5.41, 5.74) is 12.5. The maximum atomic E-state index is 3.44. The van der Waals surface area contributed by atoms with E-state index < -0.39 is 0 Å². The molecule has 254 valence electrons. The normalized spacial score (nSPS) is 11.3. The summed E-state index contributed by atoms with van der Waals surface area (Å²) in [6.45, 7) is 4.57. The average molecular weight is 647 g/mol. The second-order valence-corrected chi connectivity index (χ2v) is 14.3. The highest BCUT2D eigenvalue weighted by Crippen LogP contribution is 2.37. The van der Waals surface area contributed by atoms with Gasteiger partial charge in [0.15, 0.2) is 0 Å². The first-order valence-corrected chi connectivity index (χ1v) is 19.7. The van der Waals surface area contributed by atoms with Crippen molar-refractivity contribution in [1.82, 2.24) is 0 Å². The quantitative estimate of drug-likeness (QED) is 0.0656. The van der Waals surface area contributed by atoms with Gasteiger partial charge in [0.2, 0.25) is 0 Å². The van der Waals surface area contributed by atoms with Crippen molar-refractivity contribution in [3.05, 3.63) is 129 Å².